The predicted molar refractivity (Wildman–Crippen MR) is 77.2 cm³/mol. The van der Waals surface area contributed by atoms with E-state index in [0.717, 1.165) is 23.4 Å². The molecule has 2 aromatic rings. The van der Waals surface area contributed by atoms with Crippen LogP contribution in [0.3, 0.4) is 0 Å². The van der Waals surface area contributed by atoms with Crippen LogP contribution in [0.25, 0.3) is 0 Å². The second-order valence-corrected chi connectivity index (χ2v) is 4.79. The van der Waals surface area contributed by atoms with Crippen molar-refractivity contribution in [3.63, 3.8) is 0 Å². The molecule has 0 fully saturated rings. The van der Waals surface area contributed by atoms with E-state index in [9.17, 15) is 0 Å². The number of rotatable bonds is 5. The van der Waals surface area contributed by atoms with Gasteiger partial charge in [0, 0.05) is 11.1 Å². The molecule has 19 heavy (non-hydrogen) atoms. The molecule has 4 heteroatoms. The number of hydrogen-bond acceptors (Lipinski definition) is 3. The maximum atomic E-state index is 5.92. The molecule has 0 aliphatic carbocycles. The number of pyridine rings is 1. The Morgan fingerprint density at radius 3 is 2.79 bits per heavy atom. The maximum absolute atomic E-state index is 5.92. The van der Waals surface area contributed by atoms with Crippen LogP contribution in [0.1, 0.15) is 30.6 Å². The Bertz CT molecular complexity index is 528. The Morgan fingerprint density at radius 2 is 2.16 bits per heavy atom. The van der Waals surface area contributed by atoms with Gasteiger partial charge in [0.15, 0.2) is 0 Å². The molecule has 1 heterocycles. The smallest absolute Gasteiger partial charge is 0.138 e. The molecular weight excluding hydrogens is 260 g/mol. The molecule has 0 aliphatic heterocycles. The van der Waals surface area contributed by atoms with Crippen molar-refractivity contribution in [3.8, 4) is 5.75 Å². The van der Waals surface area contributed by atoms with E-state index in [2.05, 4.69) is 4.98 Å². The largest absolute Gasteiger partial charge is 0.487 e. The fraction of sp³-hybridized carbons (Fsp3) is 0.267. The minimum atomic E-state index is -0.0121. The summed E-state index contributed by atoms with van der Waals surface area (Å²) >= 11 is 5.92. The molecule has 0 bridgehead atoms. The normalized spacial score (nSPS) is 12.2. The van der Waals surface area contributed by atoms with Gasteiger partial charge in [0.2, 0.25) is 0 Å². The van der Waals surface area contributed by atoms with Gasteiger partial charge in [-0.05, 0) is 36.2 Å². The van der Waals surface area contributed by atoms with Crippen LogP contribution in [0.4, 0.5) is 0 Å². The third-order valence-corrected chi connectivity index (χ3v) is 3.11. The molecule has 1 aromatic carbocycles. The van der Waals surface area contributed by atoms with Crippen LogP contribution in [-0.2, 0) is 6.61 Å². The lowest BCUT2D eigenvalue weighted by atomic mass is 10.1. The van der Waals surface area contributed by atoms with E-state index in [1.165, 1.54) is 0 Å². The van der Waals surface area contributed by atoms with E-state index in [-0.39, 0.29) is 6.04 Å². The van der Waals surface area contributed by atoms with Crippen LogP contribution in [0.15, 0.2) is 42.6 Å². The Balaban J connectivity index is 1.96. The second-order valence-electron chi connectivity index (χ2n) is 4.35. The molecule has 1 atom stereocenters. The van der Waals surface area contributed by atoms with Crippen LogP contribution < -0.4 is 10.5 Å². The number of aromatic nitrogens is 1. The van der Waals surface area contributed by atoms with Crippen molar-refractivity contribution < 1.29 is 4.74 Å². The average molecular weight is 277 g/mol. The zero-order valence-electron chi connectivity index (χ0n) is 10.8. The average Bonchev–Trinajstić information content (AvgIpc) is 2.45. The predicted octanol–water partition coefficient (Wildman–Crippen LogP) is 3.72. The summed E-state index contributed by atoms with van der Waals surface area (Å²) in [5.74, 6) is 0.729. The fourth-order valence-corrected chi connectivity index (χ4v) is 1.91. The van der Waals surface area contributed by atoms with Gasteiger partial charge in [-0.1, -0.05) is 30.7 Å². The Hall–Kier alpha value is -1.58. The molecule has 0 aliphatic rings. The Kier molecular flexibility index (Phi) is 4.77. The highest BCUT2D eigenvalue weighted by atomic mass is 35.5. The molecule has 2 N–H and O–H groups in total. The van der Waals surface area contributed by atoms with Crippen molar-refractivity contribution in [2.45, 2.75) is 26.0 Å². The molecule has 1 aromatic heterocycles. The Morgan fingerprint density at radius 1 is 1.32 bits per heavy atom. The summed E-state index contributed by atoms with van der Waals surface area (Å²) in [4.78, 5) is 4.30. The zero-order valence-corrected chi connectivity index (χ0v) is 11.6. The van der Waals surface area contributed by atoms with Crippen molar-refractivity contribution in [3.05, 3.63) is 58.9 Å². The number of nitrogens with zero attached hydrogens (tertiary/aromatic N) is 1. The van der Waals surface area contributed by atoms with Gasteiger partial charge < -0.3 is 10.5 Å². The van der Waals surface area contributed by atoms with E-state index in [4.69, 9.17) is 22.1 Å². The lowest BCUT2D eigenvalue weighted by Gasteiger charge is -2.10. The van der Waals surface area contributed by atoms with E-state index in [1.54, 1.807) is 6.20 Å². The van der Waals surface area contributed by atoms with Crippen LogP contribution in [0, 0.1) is 0 Å². The quantitative estimate of drug-likeness (QED) is 0.905. The summed E-state index contributed by atoms with van der Waals surface area (Å²) in [6.45, 7) is 2.51. The van der Waals surface area contributed by atoms with E-state index < -0.39 is 0 Å². The van der Waals surface area contributed by atoms with Gasteiger partial charge in [-0.3, -0.25) is 4.98 Å². The molecule has 100 valence electrons. The highest BCUT2D eigenvalue weighted by Gasteiger charge is 2.04. The third-order valence-electron chi connectivity index (χ3n) is 2.87. The van der Waals surface area contributed by atoms with Crippen LogP contribution >= 0.6 is 11.6 Å². The fourth-order valence-electron chi connectivity index (χ4n) is 1.70. The summed E-state index contributed by atoms with van der Waals surface area (Å²) < 4.78 is 5.65. The van der Waals surface area contributed by atoms with Crippen LogP contribution in [-0.4, -0.2) is 4.98 Å². The number of halogens is 1. The summed E-state index contributed by atoms with van der Waals surface area (Å²) in [6, 6.07) is 11.4. The summed E-state index contributed by atoms with van der Waals surface area (Å²) in [6.07, 6.45) is 2.57. The zero-order chi connectivity index (χ0) is 13.7. The lowest BCUT2D eigenvalue weighted by Crippen LogP contribution is -2.10. The van der Waals surface area contributed by atoms with Crippen molar-refractivity contribution in [1.82, 2.24) is 4.98 Å². The first-order valence-corrected chi connectivity index (χ1v) is 6.65. The van der Waals surface area contributed by atoms with Gasteiger partial charge in [-0.15, -0.1) is 0 Å². The van der Waals surface area contributed by atoms with Gasteiger partial charge >= 0.3 is 0 Å². The summed E-state index contributed by atoms with van der Waals surface area (Å²) in [5.41, 5.74) is 7.82. The molecule has 0 radical (unpaired) electrons. The molecule has 2 rings (SSSR count). The first-order chi connectivity index (χ1) is 9.19. The SMILES string of the molecule is CCC(N)c1ccc(OCc2cccc(Cl)c2)cn1. The third kappa shape index (κ3) is 3.94. The second kappa shape index (κ2) is 6.55. The van der Waals surface area contributed by atoms with Crippen LogP contribution in [0.2, 0.25) is 5.02 Å². The van der Waals surface area contributed by atoms with Crippen molar-refractivity contribution >= 4 is 11.6 Å². The molecule has 3 nitrogen and oxygen atoms in total. The van der Waals surface area contributed by atoms with E-state index >= 15 is 0 Å². The topological polar surface area (TPSA) is 48.1 Å². The number of ether oxygens (including phenoxy) is 1. The van der Waals surface area contributed by atoms with Crippen molar-refractivity contribution in [2.24, 2.45) is 5.73 Å². The lowest BCUT2D eigenvalue weighted by molar-refractivity contribution is 0.304. The van der Waals surface area contributed by atoms with Gasteiger partial charge in [0.1, 0.15) is 12.4 Å². The molecule has 0 saturated heterocycles. The van der Waals surface area contributed by atoms with E-state index in [1.807, 2.05) is 43.3 Å². The molecule has 0 spiro atoms. The summed E-state index contributed by atoms with van der Waals surface area (Å²) in [5, 5.41) is 0.712. The van der Waals surface area contributed by atoms with Crippen LogP contribution in [0.5, 0.6) is 5.75 Å². The minimum Gasteiger partial charge on any atom is -0.487 e. The molecule has 0 amide bonds. The standard InChI is InChI=1S/C15H17ClN2O/c1-2-14(17)15-7-6-13(9-18-15)19-10-11-4-3-5-12(16)8-11/h3-9,14H,2,10,17H2,1H3. The number of benzene rings is 1. The monoisotopic (exact) mass is 276 g/mol. The molecular formula is C15H17ClN2O. The van der Waals surface area contributed by atoms with Crippen molar-refractivity contribution in [1.29, 1.82) is 0 Å². The minimum absolute atomic E-state index is 0.0121. The van der Waals surface area contributed by atoms with Crippen molar-refractivity contribution in [2.75, 3.05) is 0 Å². The highest BCUT2D eigenvalue weighted by molar-refractivity contribution is 6.30. The molecule has 1 unspecified atom stereocenters. The van der Waals surface area contributed by atoms with Gasteiger partial charge in [0.05, 0.1) is 11.9 Å². The Labute approximate surface area is 118 Å². The maximum Gasteiger partial charge on any atom is 0.138 e. The highest BCUT2D eigenvalue weighted by Crippen LogP contribution is 2.17. The first-order valence-electron chi connectivity index (χ1n) is 6.28. The van der Waals surface area contributed by atoms with Gasteiger partial charge in [0.25, 0.3) is 0 Å². The summed E-state index contributed by atoms with van der Waals surface area (Å²) in [7, 11) is 0. The first kappa shape index (κ1) is 13.8. The van der Waals surface area contributed by atoms with Gasteiger partial charge in [-0.25, -0.2) is 0 Å². The van der Waals surface area contributed by atoms with Gasteiger partial charge in [-0.2, -0.15) is 0 Å². The number of nitrogens with two attached hydrogens (primary N) is 1. The number of hydrogen-bond donors (Lipinski definition) is 1. The van der Waals surface area contributed by atoms with E-state index in [0.29, 0.717) is 11.6 Å². The molecule has 0 saturated carbocycles.